The predicted octanol–water partition coefficient (Wildman–Crippen LogP) is 3.91. The summed E-state index contributed by atoms with van der Waals surface area (Å²) in [4.78, 5) is 0. The molecule has 0 fully saturated rings. The molecule has 0 spiro atoms. The third-order valence-corrected chi connectivity index (χ3v) is 0.348. The van der Waals surface area contributed by atoms with Gasteiger partial charge in [-0.1, -0.05) is 30.4 Å². The molecule has 0 aromatic rings. The molecule has 0 heterocycles. The maximum atomic E-state index is 3.56. The first-order valence-electron chi connectivity index (χ1n) is 2.90. The molecule has 0 saturated carbocycles. The normalized spacial score (nSPS) is 5.90. The molecule has 0 aliphatic carbocycles. The van der Waals surface area contributed by atoms with Gasteiger partial charge in [-0.2, -0.15) is 0 Å². The fourth-order valence-electron chi connectivity index (χ4n) is 0. The Hall–Kier alpha value is -0.300. The van der Waals surface area contributed by atoms with Gasteiger partial charge >= 0.3 is 0 Å². The van der Waals surface area contributed by atoms with Crippen molar-refractivity contribution in [3.05, 3.63) is 37.0 Å². The molecule has 0 nitrogen and oxygen atoms in total. The maximum Gasteiger partial charge on any atom is -0.0404 e. The summed E-state index contributed by atoms with van der Waals surface area (Å²) in [7, 11) is 0. The minimum absolute atomic E-state index is 0. The minimum atomic E-state index is 0. The number of halogens is 1. The summed E-state index contributed by atoms with van der Waals surface area (Å²) < 4.78 is 0. The molecule has 0 bridgehead atoms. The summed E-state index contributed by atoms with van der Waals surface area (Å²) in [5.74, 6) is 0. The molecule has 60 valence electrons. The smallest absolute Gasteiger partial charge is 0.0404 e. The summed E-state index contributed by atoms with van der Waals surface area (Å²) in [6.45, 7) is 16.4. The molecule has 0 aliphatic rings. The molecule has 0 unspecified atom stereocenters. The van der Waals surface area contributed by atoms with Gasteiger partial charge in [0.2, 0.25) is 0 Å². The lowest BCUT2D eigenvalue weighted by atomic mass is 10.4. The predicted molar refractivity (Wildman–Crippen MR) is 55.8 cm³/mol. The third kappa shape index (κ3) is 120. The minimum Gasteiger partial charge on any atom is -0.114 e. The Labute approximate surface area is 75.1 Å². The number of allylic oxidation sites excluding steroid dienone is 3. The Kier molecular flexibility index (Phi) is 18.8. The lowest BCUT2D eigenvalue weighted by Gasteiger charge is -1.71. The second-order valence-electron chi connectivity index (χ2n) is 2.26. The Morgan fingerprint density at radius 3 is 1.20 bits per heavy atom. The molecule has 0 aromatic carbocycles. The third-order valence-electron chi connectivity index (χ3n) is 0.348. The summed E-state index contributed by atoms with van der Waals surface area (Å²) >= 11 is 0. The van der Waals surface area contributed by atoms with Crippen LogP contribution in [0.3, 0.4) is 0 Å². The van der Waals surface area contributed by atoms with Crippen molar-refractivity contribution in [1.82, 2.24) is 0 Å². The highest BCUT2D eigenvalue weighted by Gasteiger charge is 1.59. The van der Waals surface area contributed by atoms with Crippen LogP contribution < -0.4 is 0 Å². The van der Waals surface area contributed by atoms with Crippen LogP contribution in [-0.2, 0) is 0 Å². The van der Waals surface area contributed by atoms with E-state index < -0.39 is 0 Å². The average molecular weight is 205 g/mol. The first-order valence-corrected chi connectivity index (χ1v) is 2.90. The van der Waals surface area contributed by atoms with Gasteiger partial charge in [0.25, 0.3) is 0 Å². The van der Waals surface area contributed by atoms with E-state index in [0.717, 1.165) is 5.57 Å². The van der Waals surface area contributed by atoms with Gasteiger partial charge in [0, 0.05) is 0 Å². The van der Waals surface area contributed by atoms with Crippen molar-refractivity contribution in [3.63, 3.8) is 0 Å². The quantitative estimate of drug-likeness (QED) is 0.449. The molecule has 0 aromatic heterocycles. The molecule has 0 N–H and O–H groups in total. The van der Waals surface area contributed by atoms with E-state index in [0.29, 0.717) is 0 Å². The van der Waals surface area contributed by atoms with E-state index in [1.54, 1.807) is 6.08 Å². The van der Waals surface area contributed by atoms with Crippen molar-refractivity contribution < 1.29 is 0 Å². The number of hydrogen-bond donors (Lipinski definition) is 0. The van der Waals surface area contributed by atoms with E-state index in [-0.39, 0.29) is 17.0 Å². The van der Waals surface area contributed by atoms with Gasteiger partial charge in [-0.3, -0.25) is 0 Å². The van der Waals surface area contributed by atoms with Crippen LogP contribution in [0.1, 0.15) is 20.8 Å². The second kappa shape index (κ2) is 11.5. The zero-order valence-corrected chi connectivity index (χ0v) is 8.82. The first kappa shape index (κ1) is 16.4. The van der Waals surface area contributed by atoms with Gasteiger partial charge in [-0.05, 0) is 20.8 Å². The van der Waals surface area contributed by atoms with Crippen molar-refractivity contribution in [2.24, 2.45) is 0 Å². The van der Waals surface area contributed by atoms with Crippen LogP contribution in [0, 0.1) is 0 Å². The Morgan fingerprint density at radius 1 is 1.10 bits per heavy atom. The van der Waals surface area contributed by atoms with Gasteiger partial charge in [-0.15, -0.1) is 23.6 Å². The van der Waals surface area contributed by atoms with Crippen molar-refractivity contribution in [2.45, 2.75) is 20.8 Å². The topological polar surface area (TPSA) is 0 Å². The largest absolute Gasteiger partial charge is 0.114 e. The van der Waals surface area contributed by atoms with Crippen LogP contribution >= 0.6 is 17.0 Å². The molecule has 10 heavy (non-hydrogen) atoms. The maximum absolute atomic E-state index is 3.56. The fourth-order valence-corrected chi connectivity index (χ4v) is 0. The summed E-state index contributed by atoms with van der Waals surface area (Å²) in [5.41, 5.74) is 2.19. The Bertz CT molecular complexity index is 108. The summed E-state index contributed by atoms with van der Waals surface area (Å²) in [6, 6.07) is 0. The molecular weight excluding hydrogens is 188 g/mol. The van der Waals surface area contributed by atoms with E-state index in [4.69, 9.17) is 0 Å². The molecule has 0 atom stereocenters. The number of rotatable bonds is 1. The molecule has 1 heteroatoms. The van der Waals surface area contributed by atoms with E-state index in [1.807, 2.05) is 20.8 Å². The van der Waals surface area contributed by atoms with E-state index in [1.165, 1.54) is 5.57 Å². The molecule has 0 aliphatic heterocycles. The van der Waals surface area contributed by atoms with Crippen LogP contribution in [-0.4, -0.2) is 0 Å². The van der Waals surface area contributed by atoms with Gasteiger partial charge < -0.3 is 0 Å². The van der Waals surface area contributed by atoms with Crippen LogP contribution in [0.5, 0.6) is 0 Å². The monoisotopic (exact) mass is 204 g/mol. The average Bonchev–Trinajstić information content (AvgIpc) is 1.65. The van der Waals surface area contributed by atoms with Crippen LogP contribution in [0.25, 0.3) is 0 Å². The molecule has 0 amide bonds. The Morgan fingerprint density at radius 2 is 1.20 bits per heavy atom. The van der Waals surface area contributed by atoms with E-state index >= 15 is 0 Å². The van der Waals surface area contributed by atoms with Gasteiger partial charge in [0.1, 0.15) is 0 Å². The van der Waals surface area contributed by atoms with E-state index in [9.17, 15) is 0 Å². The lowest BCUT2D eigenvalue weighted by Crippen LogP contribution is -1.50. The Balaban J connectivity index is -0.0000000910. The fraction of sp³-hybridized carbons (Fsp3) is 0.333. The van der Waals surface area contributed by atoms with Crippen molar-refractivity contribution >= 4 is 17.0 Å². The van der Waals surface area contributed by atoms with Gasteiger partial charge in [-0.25, -0.2) is 0 Å². The number of hydrogen-bond acceptors (Lipinski definition) is 0. The standard InChI is InChI=1S/C5H8.C4H8.BrH/c1-4-5(2)3;1-4(2)3;/h4H,1-2H2,3H3;1H2,2-3H3;1H. The van der Waals surface area contributed by atoms with Crippen LogP contribution in [0.4, 0.5) is 0 Å². The highest BCUT2D eigenvalue weighted by atomic mass is 79.9. The van der Waals surface area contributed by atoms with Gasteiger partial charge in [0.15, 0.2) is 0 Å². The van der Waals surface area contributed by atoms with Crippen molar-refractivity contribution in [2.75, 3.05) is 0 Å². The SMILES string of the molecule is Br.C=C(C)C.C=CC(=C)C. The molecule has 0 radical (unpaired) electrons. The molecular formula is C9H17Br. The van der Waals surface area contributed by atoms with Gasteiger partial charge in [0.05, 0.1) is 0 Å². The lowest BCUT2D eigenvalue weighted by molar-refractivity contribution is 1.42. The molecule has 0 saturated heterocycles. The van der Waals surface area contributed by atoms with E-state index in [2.05, 4.69) is 19.7 Å². The highest BCUT2D eigenvalue weighted by molar-refractivity contribution is 8.93. The zero-order chi connectivity index (χ0) is 7.86. The summed E-state index contributed by atoms with van der Waals surface area (Å²) in [6.07, 6.45) is 1.72. The highest BCUT2D eigenvalue weighted by Crippen LogP contribution is 1.81. The molecule has 0 rings (SSSR count). The van der Waals surface area contributed by atoms with Crippen molar-refractivity contribution in [3.8, 4) is 0 Å². The van der Waals surface area contributed by atoms with Crippen LogP contribution in [0.15, 0.2) is 37.0 Å². The first-order chi connectivity index (χ1) is 4.00. The van der Waals surface area contributed by atoms with Crippen molar-refractivity contribution in [1.29, 1.82) is 0 Å². The zero-order valence-electron chi connectivity index (χ0n) is 7.11. The van der Waals surface area contributed by atoms with Crippen LogP contribution in [0.2, 0.25) is 0 Å². The second-order valence-corrected chi connectivity index (χ2v) is 2.26. The summed E-state index contributed by atoms with van der Waals surface area (Å²) in [5, 5.41) is 0.